The Morgan fingerprint density at radius 2 is 1.88 bits per heavy atom. The van der Waals surface area contributed by atoms with Gasteiger partial charge in [-0.1, -0.05) is 35.9 Å². The lowest BCUT2D eigenvalue weighted by atomic mass is 9.99. The van der Waals surface area contributed by atoms with Crippen LogP contribution in [0.25, 0.3) is 0 Å². The molecule has 0 aliphatic carbocycles. The maximum atomic E-state index is 12.5. The van der Waals surface area contributed by atoms with Gasteiger partial charge in [0.05, 0.1) is 12.7 Å². The zero-order valence-electron chi connectivity index (χ0n) is 14.4. The average Bonchev–Trinajstić information content (AvgIpc) is 2.61. The van der Waals surface area contributed by atoms with Gasteiger partial charge in [0.2, 0.25) is 0 Å². The van der Waals surface area contributed by atoms with Crippen LogP contribution in [0.1, 0.15) is 25.0 Å². The number of benzene rings is 2. The van der Waals surface area contributed by atoms with E-state index < -0.39 is 5.60 Å². The van der Waals surface area contributed by atoms with Crippen molar-refractivity contribution in [3.63, 3.8) is 0 Å². The first-order valence-corrected chi connectivity index (χ1v) is 8.73. The van der Waals surface area contributed by atoms with Crippen molar-refractivity contribution < 1.29 is 14.3 Å². The maximum Gasteiger partial charge on any atom is 0.263 e. The summed E-state index contributed by atoms with van der Waals surface area (Å²) in [5, 5.41) is 3.57. The van der Waals surface area contributed by atoms with Crippen LogP contribution in [0.2, 0.25) is 5.02 Å². The van der Waals surface area contributed by atoms with Gasteiger partial charge in [-0.3, -0.25) is 4.79 Å². The topological polar surface area (TPSA) is 47.6 Å². The Kier molecular flexibility index (Phi) is 5.30. The Labute approximate surface area is 153 Å². The molecule has 25 heavy (non-hydrogen) atoms. The largest absolute Gasteiger partial charge is 0.478 e. The van der Waals surface area contributed by atoms with Gasteiger partial charge in [-0.05, 0) is 49.2 Å². The summed E-state index contributed by atoms with van der Waals surface area (Å²) in [4.78, 5) is 12.5. The van der Waals surface area contributed by atoms with E-state index in [4.69, 9.17) is 21.1 Å². The van der Waals surface area contributed by atoms with E-state index in [0.717, 1.165) is 6.42 Å². The fourth-order valence-electron chi connectivity index (χ4n) is 2.80. The van der Waals surface area contributed by atoms with Crippen LogP contribution in [-0.2, 0) is 22.6 Å². The standard InChI is InChI=1S/C20H22ClNO3/c1-20(2,25-17-9-7-16(21)8-10-17)19(23)22-12-18-11-14-5-3-4-6-15(14)13-24-18/h3-10,18H,11-13H2,1-2H3,(H,22,23). The van der Waals surface area contributed by atoms with E-state index in [1.807, 2.05) is 12.1 Å². The number of rotatable bonds is 5. The minimum Gasteiger partial charge on any atom is -0.478 e. The molecule has 1 atom stereocenters. The average molecular weight is 360 g/mol. The number of carbonyl (C=O) groups excluding carboxylic acids is 1. The third-order valence-electron chi connectivity index (χ3n) is 4.26. The van der Waals surface area contributed by atoms with Crippen molar-refractivity contribution in [3.8, 4) is 5.75 Å². The fraction of sp³-hybridized carbons (Fsp3) is 0.350. The Hall–Kier alpha value is -2.04. The molecule has 0 spiro atoms. The summed E-state index contributed by atoms with van der Waals surface area (Å²) >= 11 is 5.87. The molecular weight excluding hydrogens is 338 g/mol. The number of halogens is 1. The van der Waals surface area contributed by atoms with Crippen molar-refractivity contribution >= 4 is 17.5 Å². The molecule has 3 rings (SSSR count). The molecule has 0 aromatic heterocycles. The summed E-state index contributed by atoms with van der Waals surface area (Å²) < 4.78 is 11.6. The normalized spacial score (nSPS) is 16.8. The molecule has 1 unspecified atom stereocenters. The molecule has 1 aliphatic heterocycles. The molecular formula is C20H22ClNO3. The van der Waals surface area contributed by atoms with Crippen LogP contribution >= 0.6 is 11.6 Å². The van der Waals surface area contributed by atoms with Crippen molar-refractivity contribution in [1.29, 1.82) is 0 Å². The van der Waals surface area contributed by atoms with Gasteiger partial charge in [-0.15, -0.1) is 0 Å². The fourth-order valence-corrected chi connectivity index (χ4v) is 2.93. The molecule has 132 valence electrons. The summed E-state index contributed by atoms with van der Waals surface area (Å²) in [6.07, 6.45) is 0.778. The Balaban J connectivity index is 1.54. The molecule has 1 amide bonds. The minimum absolute atomic E-state index is 0.0230. The summed E-state index contributed by atoms with van der Waals surface area (Å²) in [5.41, 5.74) is 1.52. The van der Waals surface area contributed by atoms with Gasteiger partial charge in [-0.25, -0.2) is 0 Å². The lowest BCUT2D eigenvalue weighted by molar-refractivity contribution is -0.135. The highest BCUT2D eigenvalue weighted by atomic mass is 35.5. The Morgan fingerprint density at radius 1 is 1.20 bits per heavy atom. The van der Waals surface area contributed by atoms with Gasteiger partial charge < -0.3 is 14.8 Å². The van der Waals surface area contributed by atoms with Crippen molar-refractivity contribution in [1.82, 2.24) is 5.32 Å². The number of nitrogens with one attached hydrogen (secondary N) is 1. The third kappa shape index (κ3) is 4.53. The van der Waals surface area contributed by atoms with Gasteiger partial charge in [0.25, 0.3) is 5.91 Å². The molecule has 0 saturated heterocycles. The SMILES string of the molecule is CC(C)(Oc1ccc(Cl)cc1)C(=O)NCC1Cc2ccccc2CO1. The van der Waals surface area contributed by atoms with Crippen LogP contribution < -0.4 is 10.1 Å². The molecule has 0 bridgehead atoms. The third-order valence-corrected chi connectivity index (χ3v) is 4.52. The second-order valence-electron chi connectivity index (χ2n) is 6.68. The second-order valence-corrected chi connectivity index (χ2v) is 7.12. The first-order valence-electron chi connectivity index (χ1n) is 8.35. The summed E-state index contributed by atoms with van der Waals surface area (Å²) in [5.74, 6) is 0.428. The second kappa shape index (κ2) is 7.46. The van der Waals surface area contributed by atoms with Crippen molar-refractivity contribution in [3.05, 3.63) is 64.7 Å². The summed E-state index contributed by atoms with van der Waals surface area (Å²) in [7, 11) is 0. The highest BCUT2D eigenvalue weighted by Gasteiger charge is 2.31. The number of amides is 1. The Bertz CT molecular complexity index is 743. The van der Waals surface area contributed by atoms with E-state index >= 15 is 0 Å². The lowest BCUT2D eigenvalue weighted by Gasteiger charge is -2.29. The minimum atomic E-state index is -0.986. The number of fused-ring (bicyclic) bond motifs is 1. The monoisotopic (exact) mass is 359 g/mol. The molecule has 0 radical (unpaired) electrons. The first-order chi connectivity index (χ1) is 11.9. The molecule has 1 heterocycles. The van der Waals surface area contributed by atoms with E-state index in [-0.39, 0.29) is 12.0 Å². The highest BCUT2D eigenvalue weighted by Crippen LogP contribution is 2.22. The van der Waals surface area contributed by atoms with E-state index in [1.165, 1.54) is 11.1 Å². The number of hydrogen-bond acceptors (Lipinski definition) is 3. The molecule has 2 aromatic carbocycles. The van der Waals surface area contributed by atoms with Gasteiger partial charge in [0, 0.05) is 18.0 Å². The molecule has 0 fully saturated rings. The van der Waals surface area contributed by atoms with Gasteiger partial charge in [0.15, 0.2) is 5.60 Å². The quantitative estimate of drug-likeness (QED) is 0.884. The molecule has 1 N–H and O–H groups in total. The number of hydrogen-bond donors (Lipinski definition) is 1. The van der Waals surface area contributed by atoms with E-state index in [0.29, 0.717) is 23.9 Å². The molecule has 0 saturated carbocycles. The number of carbonyl (C=O) groups is 1. The van der Waals surface area contributed by atoms with E-state index in [9.17, 15) is 4.79 Å². The first kappa shape index (κ1) is 17.8. The predicted molar refractivity (Wildman–Crippen MR) is 97.9 cm³/mol. The highest BCUT2D eigenvalue weighted by molar-refractivity contribution is 6.30. The molecule has 1 aliphatic rings. The van der Waals surface area contributed by atoms with Crippen LogP contribution in [0, 0.1) is 0 Å². The van der Waals surface area contributed by atoms with Crippen LogP contribution in [0.3, 0.4) is 0 Å². The van der Waals surface area contributed by atoms with Gasteiger partial charge in [-0.2, -0.15) is 0 Å². The van der Waals surface area contributed by atoms with Crippen molar-refractivity contribution in [2.45, 2.75) is 38.6 Å². The van der Waals surface area contributed by atoms with Crippen LogP contribution in [0.5, 0.6) is 5.75 Å². The maximum absolute atomic E-state index is 12.5. The van der Waals surface area contributed by atoms with Crippen LogP contribution in [0.15, 0.2) is 48.5 Å². The van der Waals surface area contributed by atoms with Crippen LogP contribution in [0.4, 0.5) is 0 Å². The zero-order valence-corrected chi connectivity index (χ0v) is 15.2. The van der Waals surface area contributed by atoms with Crippen molar-refractivity contribution in [2.75, 3.05) is 6.54 Å². The predicted octanol–water partition coefficient (Wildman–Crippen LogP) is 3.76. The number of ether oxygens (including phenoxy) is 2. The van der Waals surface area contributed by atoms with Crippen molar-refractivity contribution in [2.24, 2.45) is 0 Å². The Morgan fingerprint density at radius 3 is 2.60 bits per heavy atom. The molecule has 4 nitrogen and oxygen atoms in total. The zero-order chi connectivity index (χ0) is 17.9. The summed E-state index contributed by atoms with van der Waals surface area (Å²) in [6, 6.07) is 15.2. The van der Waals surface area contributed by atoms with Gasteiger partial charge in [0.1, 0.15) is 5.75 Å². The smallest absolute Gasteiger partial charge is 0.263 e. The van der Waals surface area contributed by atoms with Gasteiger partial charge >= 0.3 is 0 Å². The lowest BCUT2D eigenvalue weighted by Crippen LogP contribution is -2.49. The molecule has 2 aromatic rings. The summed E-state index contributed by atoms with van der Waals surface area (Å²) in [6.45, 7) is 4.53. The van der Waals surface area contributed by atoms with E-state index in [2.05, 4.69) is 17.4 Å². The molecule has 5 heteroatoms. The van der Waals surface area contributed by atoms with E-state index in [1.54, 1.807) is 38.1 Å². The van der Waals surface area contributed by atoms with Crippen LogP contribution in [-0.4, -0.2) is 24.2 Å².